The van der Waals surface area contributed by atoms with Crippen molar-refractivity contribution >= 4 is 27.2 Å². The summed E-state index contributed by atoms with van der Waals surface area (Å²) in [6.07, 6.45) is 0. The van der Waals surface area contributed by atoms with Gasteiger partial charge in [-0.25, -0.2) is 0 Å². The van der Waals surface area contributed by atoms with E-state index in [1.54, 1.807) is 24.3 Å². The molecule has 0 aliphatic carbocycles. The van der Waals surface area contributed by atoms with Gasteiger partial charge in [0.15, 0.2) is 0 Å². The monoisotopic (exact) mass is 394 g/mol. The minimum Gasteiger partial charge on any atom is -0.384 e. The maximum atomic E-state index is 12.6. The summed E-state index contributed by atoms with van der Waals surface area (Å²) in [7, 11) is 0. The molecule has 0 saturated heterocycles. The summed E-state index contributed by atoms with van der Waals surface area (Å²) >= 11 is 1.47. The first-order valence-electron chi connectivity index (χ1n) is 6.84. The summed E-state index contributed by atoms with van der Waals surface area (Å²) in [4.78, 5) is 12.6. The molecule has 0 atom stereocenters. The molecule has 0 bridgehead atoms. The molecular weight excluding hydrogens is 381 g/mol. The molecule has 0 aliphatic rings. The number of fused-ring (bicyclic) bond motifs is 1. The van der Waals surface area contributed by atoms with Crippen LogP contribution in [0.2, 0.25) is 0 Å². The molecular formula is C19H13O2SY-. The van der Waals surface area contributed by atoms with Gasteiger partial charge in [0.05, 0.1) is 0 Å². The summed E-state index contributed by atoms with van der Waals surface area (Å²) in [6, 6.07) is 13.1. The molecule has 1 N–H and O–H groups in total. The molecule has 0 unspecified atom stereocenters. The first kappa shape index (κ1) is 18.0. The molecule has 111 valence electrons. The van der Waals surface area contributed by atoms with Gasteiger partial charge in [-0.05, 0) is 24.6 Å². The number of carbonyl (C=O) groups excluding carboxylic acids is 1. The van der Waals surface area contributed by atoms with Crippen molar-refractivity contribution in [3.63, 3.8) is 0 Å². The van der Waals surface area contributed by atoms with Crippen molar-refractivity contribution < 1.29 is 42.6 Å². The first-order valence-corrected chi connectivity index (χ1v) is 7.66. The van der Waals surface area contributed by atoms with Crippen LogP contribution in [-0.4, -0.2) is 17.5 Å². The van der Waals surface area contributed by atoms with Crippen LogP contribution >= 0.6 is 11.3 Å². The minimum atomic E-state index is -0.171. The van der Waals surface area contributed by atoms with Crippen LogP contribution in [0.3, 0.4) is 0 Å². The average Bonchev–Trinajstić information content (AvgIpc) is 2.95. The summed E-state index contributed by atoms with van der Waals surface area (Å²) in [5.74, 6) is 5.37. The normalized spacial score (nSPS) is 9.83. The van der Waals surface area contributed by atoms with Crippen molar-refractivity contribution in [3.05, 3.63) is 70.1 Å². The fourth-order valence-electron chi connectivity index (χ4n) is 2.24. The van der Waals surface area contributed by atoms with E-state index in [0.29, 0.717) is 11.1 Å². The van der Waals surface area contributed by atoms with Crippen molar-refractivity contribution in [3.8, 4) is 11.8 Å². The third kappa shape index (κ3) is 3.97. The maximum Gasteiger partial charge on any atom is 0.108 e. The van der Waals surface area contributed by atoms with Gasteiger partial charge in [-0.3, -0.25) is 11.3 Å². The molecule has 0 fully saturated rings. The number of aryl methyl sites for hydroxylation is 1. The van der Waals surface area contributed by atoms with E-state index in [-0.39, 0.29) is 45.1 Å². The van der Waals surface area contributed by atoms with Crippen LogP contribution in [0.4, 0.5) is 0 Å². The van der Waals surface area contributed by atoms with E-state index in [1.165, 1.54) is 16.9 Å². The second kappa shape index (κ2) is 7.99. The fourth-order valence-corrected chi connectivity index (χ4v) is 3.18. The van der Waals surface area contributed by atoms with E-state index in [2.05, 4.69) is 23.3 Å². The zero-order valence-electron chi connectivity index (χ0n) is 12.6. The Morgan fingerprint density at radius 2 is 1.96 bits per heavy atom. The van der Waals surface area contributed by atoms with E-state index < -0.39 is 0 Å². The third-order valence-electron chi connectivity index (χ3n) is 3.36. The van der Waals surface area contributed by atoms with E-state index in [9.17, 15) is 4.79 Å². The number of hydrogen-bond acceptors (Lipinski definition) is 3. The van der Waals surface area contributed by atoms with Crippen LogP contribution in [0.15, 0.2) is 42.5 Å². The molecule has 1 aromatic heterocycles. The fraction of sp³-hybridized carbons (Fsp3) is 0.105. The molecule has 3 aromatic rings. The summed E-state index contributed by atoms with van der Waals surface area (Å²) in [5.41, 5.74) is 3.19. The molecule has 0 saturated carbocycles. The van der Waals surface area contributed by atoms with Crippen molar-refractivity contribution in [1.29, 1.82) is 0 Å². The van der Waals surface area contributed by atoms with Crippen LogP contribution in [0.5, 0.6) is 0 Å². The summed E-state index contributed by atoms with van der Waals surface area (Å²) in [5, 5.41) is 12.8. The van der Waals surface area contributed by atoms with Crippen molar-refractivity contribution in [2.75, 3.05) is 6.61 Å². The number of ketones is 1. The number of aliphatic hydroxyl groups is 1. The molecule has 0 spiro atoms. The van der Waals surface area contributed by atoms with Crippen LogP contribution in [-0.2, 0) is 32.7 Å². The van der Waals surface area contributed by atoms with Crippen LogP contribution in [0.1, 0.15) is 27.0 Å². The Hall–Kier alpha value is -1.31. The van der Waals surface area contributed by atoms with Crippen molar-refractivity contribution in [2.45, 2.75) is 6.92 Å². The number of rotatable bonds is 2. The SMILES string of the molecule is Cc1ccc2c(C(=O)c3ccc(C#CCO)cc3)[c-]sc2c1.[Y]. The Labute approximate surface area is 164 Å². The van der Waals surface area contributed by atoms with Gasteiger partial charge in [0.25, 0.3) is 0 Å². The molecule has 0 amide bonds. The van der Waals surface area contributed by atoms with Crippen molar-refractivity contribution in [1.82, 2.24) is 0 Å². The third-order valence-corrected chi connectivity index (χ3v) is 4.22. The number of aliphatic hydroxyl groups excluding tert-OH is 1. The van der Waals surface area contributed by atoms with E-state index in [1.807, 2.05) is 19.1 Å². The average molecular weight is 394 g/mol. The van der Waals surface area contributed by atoms with Crippen LogP contribution in [0, 0.1) is 24.1 Å². The predicted molar refractivity (Wildman–Crippen MR) is 89.2 cm³/mol. The Balaban J connectivity index is 0.00000192. The Morgan fingerprint density at radius 1 is 1.22 bits per heavy atom. The van der Waals surface area contributed by atoms with Gasteiger partial charge in [0, 0.05) is 38.3 Å². The zero-order valence-corrected chi connectivity index (χ0v) is 16.2. The Bertz CT molecular complexity index is 899. The topological polar surface area (TPSA) is 37.3 Å². The molecule has 23 heavy (non-hydrogen) atoms. The van der Waals surface area contributed by atoms with Crippen LogP contribution < -0.4 is 0 Å². The van der Waals surface area contributed by atoms with Gasteiger partial charge in [-0.2, -0.15) is 0 Å². The summed E-state index contributed by atoms with van der Waals surface area (Å²) in [6.45, 7) is 1.86. The molecule has 1 radical (unpaired) electrons. The standard InChI is InChI=1S/C19H13O2S.Y/c1-13-4-9-16-17(12-22-18(16)11-13)19(21)15-7-5-14(6-8-15)3-2-10-20;/h4-9,11,20H,10H2,1H3;/q-1;. The van der Waals surface area contributed by atoms with Gasteiger partial charge in [-0.1, -0.05) is 57.3 Å². The second-order valence-electron chi connectivity index (χ2n) is 4.95. The van der Waals surface area contributed by atoms with E-state index >= 15 is 0 Å². The molecule has 4 heteroatoms. The first-order chi connectivity index (χ1) is 10.7. The largest absolute Gasteiger partial charge is 0.384 e. The van der Waals surface area contributed by atoms with E-state index in [4.69, 9.17) is 5.11 Å². The van der Waals surface area contributed by atoms with Gasteiger partial charge >= 0.3 is 0 Å². The quantitative estimate of drug-likeness (QED) is 0.410. The minimum absolute atomic E-state index is 0. The zero-order chi connectivity index (χ0) is 15.5. The molecule has 1 heterocycles. The van der Waals surface area contributed by atoms with Gasteiger partial charge in [0.2, 0.25) is 0 Å². The molecule has 3 rings (SSSR count). The van der Waals surface area contributed by atoms with Crippen molar-refractivity contribution in [2.24, 2.45) is 0 Å². The van der Waals surface area contributed by atoms with Gasteiger partial charge in [0.1, 0.15) is 12.4 Å². The Morgan fingerprint density at radius 3 is 2.65 bits per heavy atom. The Kier molecular flexibility index (Phi) is 6.27. The number of hydrogen-bond donors (Lipinski definition) is 1. The predicted octanol–water partition coefficient (Wildman–Crippen LogP) is 3.58. The molecule has 0 aliphatic heterocycles. The molecule has 2 nitrogen and oxygen atoms in total. The van der Waals surface area contributed by atoms with Gasteiger partial charge < -0.3 is 9.90 Å². The smallest absolute Gasteiger partial charge is 0.108 e. The van der Waals surface area contributed by atoms with E-state index in [0.717, 1.165) is 15.6 Å². The summed E-state index contributed by atoms with van der Waals surface area (Å²) < 4.78 is 1.08. The van der Waals surface area contributed by atoms with Crippen LogP contribution in [0.25, 0.3) is 10.1 Å². The maximum absolute atomic E-state index is 12.6. The number of benzene rings is 2. The van der Waals surface area contributed by atoms with Gasteiger partial charge in [-0.15, -0.1) is 11.5 Å². The second-order valence-corrected chi connectivity index (χ2v) is 5.79. The molecule has 2 aromatic carbocycles. The number of thiophene rings is 1. The number of carbonyl (C=O) groups is 1.